The summed E-state index contributed by atoms with van der Waals surface area (Å²) in [5.74, 6) is 0.905. The largest absolute Gasteiger partial charge is 0.310 e. The molecule has 1 saturated carbocycles. The lowest BCUT2D eigenvalue weighted by Gasteiger charge is -2.13. The first kappa shape index (κ1) is 12.0. The summed E-state index contributed by atoms with van der Waals surface area (Å²) in [6, 6.07) is 7.31. The summed E-state index contributed by atoms with van der Waals surface area (Å²) in [5.41, 5.74) is 1.14. The Labute approximate surface area is 101 Å². The van der Waals surface area contributed by atoms with Gasteiger partial charge in [-0.15, -0.1) is 0 Å². The summed E-state index contributed by atoms with van der Waals surface area (Å²) in [7, 11) is 0. The van der Waals surface area contributed by atoms with E-state index in [1.807, 2.05) is 6.07 Å². The molecule has 0 amide bonds. The number of nitrogens with zero attached hydrogens (tertiary/aromatic N) is 1. The third-order valence-electron chi connectivity index (χ3n) is 3.16. The predicted octanol–water partition coefficient (Wildman–Crippen LogP) is 2.87. The average molecular weight is 234 g/mol. The van der Waals surface area contributed by atoms with Gasteiger partial charge in [0.1, 0.15) is 0 Å². The molecule has 1 fully saturated rings. The van der Waals surface area contributed by atoms with E-state index in [4.69, 9.17) is 0 Å². The second-order valence-corrected chi connectivity index (χ2v) is 4.89. The molecule has 1 N–H and O–H groups in total. The van der Waals surface area contributed by atoms with Crippen molar-refractivity contribution in [2.75, 3.05) is 0 Å². The molecule has 0 heterocycles. The molecule has 4 nitrogen and oxygen atoms in total. The van der Waals surface area contributed by atoms with Gasteiger partial charge in [0.25, 0.3) is 5.69 Å². The Balaban J connectivity index is 1.84. The Morgan fingerprint density at radius 1 is 1.53 bits per heavy atom. The zero-order valence-electron chi connectivity index (χ0n) is 10.1. The van der Waals surface area contributed by atoms with Gasteiger partial charge in [-0.1, -0.05) is 25.0 Å². The molecule has 2 rings (SSSR count). The number of hydrogen-bond donors (Lipinski definition) is 1. The lowest BCUT2D eigenvalue weighted by molar-refractivity contribution is -0.384. The van der Waals surface area contributed by atoms with Crippen molar-refractivity contribution in [1.82, 2.24) is 5.32 Å². The lowest BCUT2D eigenvalue weighted by Crippen LogP contribution is -2.25. The number of nitro benzene ring substituents is 1. The molecular formula is C13H18N2O2. The van der Waals surface area contributed by atoms with Gasteiger partial charge in [-0.05, 0) is 24.8 Å². The highest BCUT2D eigenvalue weighted by molar-refractivity contribution is 5.34. The Bertz CT molecular complexity index is 402. The first-order valence-corrected chi connectivity index (χ1v) is 6.12. The van der Waals surface area contributed by atoms with Crippen LogP contribution in [-0.2, 0) is 6.54 Å². The number of nitrogens with one attached hydrogen (secondary N) is 1. The molecule has 0 aromatic heterocycles. The van der Waals surface area contributed by atoms with E-state index in [2.05, 4.69) is 12.2 Å². The fraction of sp³-hybridized carbons (Fsp3) is 0.538. The van der Waals surface area contributed by atoms with Crippen LogP contribution in [-0.4, -0.2) is 11.0 Å². The fourth-order valence-electron chi connectivity index (χ4n) is 2.01. The second-order valence-electron chi connectivity index (χ2n) is 4.89. The zero-order valence-corrected chi connectivity index (χ0v) is 10.1. The molecule has 92 valence electrons. The molecule has 0 saturated heterocycles. The van der Waals surface area contributed by atoms with Crippen LogP contribution in [0.25, 0.3) is 0 Å². The molecule has 17 heavy (non-hydrogen) atoms. The summed E-state index contributed by atoms with van der Waals surface area (Å²) in [6.45, 7) is 2.88. The molecule has 1 aliphatic carbocycles. The highest BCUT2D eigenvalue weighted by Crippen LogP contribution is 2.33. The topological polar surface area (TPSA) is 55.2 Å². The smallest absolute Gasteiger partial charge is 0.269 e. The summed E-state index contributed by atoms with van der Waals surface area (Å²) >= 11 is 0. The molecule has 0 spiro atoms. The Morgan fingerprint density at radius 3 is 2.94 bits per heavy atom. The lowest BCUT2D eigenvalue weighted by atomic mass is 10.1. The number of non-ortho nitro benzene ring substituents is 1. The van der Waals surface area contributed by atoms with Crippen LogP contribution in [0.2, 0.25) is 0 Å². The first-order chi connectivity index (χ1) is 8.15. The maximum Gasteiger partial charge on any atom is 0.269 e. The van der Waals surface area contributed by atoms with Crippen molar-refractivity contribution < 1.29 is 4.92 Å². The minimum Gasteiger partial charge on any atom is -0.310 e. The van der Waals surface area contributed by atoms with Crippen LogP contribution in [0.3, 0.4) is 0 Å². The van der Waals surface area contributed by atoms with E-state index in [0.29, 0.717) is 12.6 Å². The number of rotatable bonds is 6. The van der Waals surface area contributed by atoms with Crippen molar-refractivity contribution in [3.05, 3.63) is 39.9 Å². The van der Waals surface area contributed by atoms with E-state index in [1.165, 1.54) is 25.3 Å². The standard InChI is InChI=1S/C13H18N2O2/c1-10(7-11-5-6-11)14-9-12-3-2-4-13(8-12)15(16)17/h2-4,8,10-11,14H,5-7,9H2,1H3. The van der Waals surface area contributed by atoms with Gasteiger partial charge >= 0.3 is 0 Å². The summed E-state index contributed by atoms with van der Waals surface area (Å²) in [4.78, 5) is 10.3. The minimum atomic E-state index is -0.350. The molecule has 1 aromatic rings. The van der Waals surface area contributed by atoms with Gasteiger partial charge in [0.05, 0.1) is 4.92 Å². The molecule has 1 aliphatic rings. The average Bonchev–Trinajstić information content (AvgIpc) is 3.11. The number of benzene rings is 1. The van der Waals surface area contributed by atoms with Gasteiger partial charge in [0, 0.05) is 24.7 Å². The zero-order chi connectivity index (χ0) is 12.3. The van der Waals surface area contributed by atoms with E-state index in [-0.39, 0.29) is 10.6 Å². The SMILES string of the molecule is CC(CC1CC1)NCc1cccc([N+](=O)[O-])c1. The molecule has 1 aromatic carbocycles. The fourth-order valence-corrected chi connectivity index (χ4v) is 2.01. The molecule has 0 radical (unpaired) electrons. The number of hydrogen-bond acceptors (Lipinski definition) is 3. The van der Waals surface area contributed by atoms with E-state index < -0.39 is 0 Å². The van der Waals surface area contributed by atoms with Crippen molar-refractivity contribution in [3.63, 3.8) is 0 Å². The summed E-state index contributed by atoms with van der Waals surface area (Å²) < 4.78 is 0. The summed E-state index contributed by atoms with van der Waals surface area (Å²) in [5, 5.41) is 14.0. The van der Waals surface area contributed by atoms with Crippen molar-refractivity contribution in [3.8, 4) is 0 Å². The van der Waals surface area contributed by atoms with Crippen molar-refractivity contribution in [2.24, 2.45) is 5.92 Å². The predicted molar refractivity (Wildman–Crippen MR) is 66.7 cm³/mol. The Hall–Kier alpha value is -1.42. The highest BCUT2D eigenvalue weighted by Gasteiger charge is 2.23. The first-order valence-electron chi connectivity index (χ1n) is 6.12. The molecule has 0 aliphatic heterocycles. The second kappa shape index (κ2) is 5.27. The molecule has 1 atom stereocenters. The van der Waals surface area contributed by atoms with Crippen LogP contribution in [0.5, 0.6) is 0 Å². The van der Waals surface area contributed by atoms with Crippen LogP contribution in [0, 0.1) is 16.0 Å². The van der Waals surface area contributed by atoms with Gasteiger partial charge in [-0.3, -0.25) is 10.1 Å². The van der Waals surface area contributed by atoms with Crippen molar-refractivity contribution in [2.45, 2.75) is 38.8 Å². The van der Waals surface area contributed by atoms with Gasteiger partial charge in [0.15, 0.2) is 0 Å². The summed E-state index contributed by atoms with van der Waals surface area (Å²) in [6.07, 6.45) is 3.95. The van der Waals surface area contributed by atoms with Crippen LogP contribution in [0.15, 0.2) is 24.3 Å². The Kier molecular flexibility index (Phi) is 3.74. The van der Waals surface area contributed by atoms with E-state index in [1.54, 1.807) is 12.1 Å². The van der Waals surface area contributed by atoms with Gasteiger partial charge in [0.2, 0.25) is 0 Å². The van der Waals surface area contributed by atoms with Gasteiger partial charge in [-0.2, -0.15) is 0 Å². The van der Waals surface area contributed by atoms with Gasteiger partial charge in [-0.25, -0.2) is 0 Å². The highest BCUT2D eigenvalue weighted by atomic mass is 16.6. The van der Waals surface area contributed by atoms with Crippen LogP contribution < -0.4 is 5.32 Å². The third-order valence-corrected chi connectivity index (χ3v) is 3.16. The molecule has 1 unspecified atom stereocenters. The van der Waals surface area contributed by atoms with E-state index in [0.717, 1.165) is 11.5 Å². The van der Waals surface area contributed by atoms with Gasteiger partial charge < -0.3 is 5.32 Å². The third kappa shape index (κ3) is 3.82. The van der Waals surface area contributed by atoms with E-state index in [9.17, 15) is 10.1 Å². The van der Waals surface area contributed by atoms with Crippen LogP contribution in [0.4, 0.5) is 5.69 Å². The normalized spacial score (nSPS) is 16.8. The number of nitro groups is 1. The quantitative estimate of drug-likeness (QED) is 0.608. The molecule has 4 heteroatoms. The molecule has 0 bridgehead atoms. The minimum absolute atomic E-state index is 0.166. The molecular weight excluding hydrogens is 216 g/mol. The van der Waals surface area contributed by atoms with Crippen LogP contribution >= 0.6 is 0 Å². The van der Waals surface area contributed by atoms with E-state index >= 15 is 0 Å². The van der Waals surface area contributed by atoms with Crippen molar-refractivity contribution >= 4 is 5.69 Å². The maximum absolute atomic E-state index is 10.6. The Morgan fingerprint density at radius 2 is 2.29 bits per heavy atom. The maximum atomic E-state index is 10.6. The monoisotopic (exact) mass is 234 g/mol. The van der Waals surface area contributed by atoms with Crippen LogP contribution in [0.1, 0.15) is 31.7 Å². The van der Waals surface area contributed by atoms with Crippen molar-refractivity contribution in [1.29, 1.82) is 0 Å².